The van der Waals surface area contributed by atoms with Crippen LogP contribution in [0.15, 0.2) is 30.6 Å². The summed E-state index contributed by atoms with van der Waals surface area (Å²) in [4.78, 5) is 20.9. The van der Waals surface area contributed by atoms with Crippen LogP contribution in [-0.4, -0.2) is 34.2 Å². The molecule has 0 radical (unpaired) electrons. The third-order valence-corrected chi connectivity index (χ3v) is 4.45. The number of fused-ring (bicyclic) bond motifs is 1. The number of carbonyl (C=O) groups excluding carboxylic acids is 1. The summed E-state index contributed by atoms with van der Waals surface area (Å²) in [7, 11) is 1.62. The lowest BCUT2D eigenvalue weighted by atomic mass is 10.1. The number of hydrogen-bond acceptors (Lipinski definition) is 4. The summed E-state index contributed by atoms with van der Waals surface area (Å²) in [6.45, 7) is 7.14. The van der Waals surface area contributed by atoms with Gasteiger partial charge in [0.05, 0.1) is 24.6 Å². The normalized spacial score (nSPS) is 10.8. The summed E-state index contributed by atoms with van der Waals surface area (Å²) >= 11 is 0. The van der Waals surface area contributed by atoms with Gasteiger partial charge in [-0.15, -0.1) is 0 Å². The average molecular weight is 353 g/mol. The monoisotopic (exact) mass is 353 g/mol. The number of benzene rings is 1. The van der Waals surface area contributed by atoms with E-state index in [0.717, 1.165) is 33.6 Å². The van der Waals surface area contributed by atoms with Crippen LogP contribution in [-0.2, 0) is 6.54 Å². The minimum absolute atomic E-state index is 0.284. The number of aromatic nitrogens is 3. The number of pyridine rings is 1. The Morgan fingerprint density at radius 2 is 2.04 bits per heavy atom. The zero-order valence-electron chi connectivity index (χ0n) is 15.5. The second-order valence-corrected chi connectivity index (χ2v) is 6.20. The average Bonchev–Trinajstić information content (AvgIpc) is 2.93. The Morgan fingerprint density at radius 1 is 1.23 bits per heavy atom. The third-order valence-electron chi connectivity index (χ3n) is 4.45. The summed E-state index contributed by atoms with van der Waals surface area (Å²) in [5, 5.41) is 6.66. The van der Waals surface area contributed by atoms with Crippen LogP contribution >= 0.6 is 0 Å². The van der Waals surface area contributed by atoms with Crippen LogP contribution in [0.2, 0.25) is 0 Å². The van der Waals surface area contributed by atoms with Crippen molar-refractivity contribution in [1.82, 2.24) is 19.9 Å². The molecule has 7 heteroatoms. The van der Waals surface area contributed by atoms with Crippen molar-refractivity contribution in [2.24, 2.45) is 0 Å². The lowest BCUT2D eigenvalue weighted by Crippen LogP contribution is -2.31. The minimum atomic E-state index is -0.284. The molecule has 0 fully saturated rings. The largest absolute Gasteiger partial charge is 0.497 e. The van der Waals surface area contributed by atoms with Crippen LogP contribution in [0.3, 0.4) is 0 Å². The number of hydrogen-bond donors (Lipinski definition) is 2. The van der Waals surface area contributed by atoms with Crippen molar-refractivity contribution in [1.29, 1.82) is 0 Å². The maximum Gasteiger partial charge on any atom is 0.320 e. The van der Waals surface area contributed by atoms with Gasteiger partial charge < -0.3 is 14.6 Å². The molecule has 0 bridgehead atoms. The number of rotatable bonds is 5. The van der Waals surface area contributed by atoms with Crippen LogP contribution in [0.25, 0.3) is 10.9 Å². The summed E-state index contributed by atoms with van der Waals surface area (Å²) in [5.74, 6) is 1.24. The Hall–Kier alpha value is -3.09. The SMILES string of the molecule is COc1ccc2c(C)cc(NC(=O)NCCn3cnc(C)c3C)nc2c1. The topological polar surface area (TPSA) is 81.1 Å². The highest BCUT2D eigenvalue weighted by Gasteiger charge is 2.08. The number of nitrogens with zero attached hydrogens (tertiary/aromatic N) is 3. The Balaban J connectivity index is 1.64. The molecular formula is C19H23N5O2. The number of nitrogens with one attached hydrogen (secondary N) is 2. The van der Waals surface area contributed by atoms with E-state index in [9.17, 15) is 4.79 Å². The Morgan fingerprint density at radius 3 is 2.73 bits per heavy atom. The lowest BCUT2D eigenvalue weighted by molar-refractivity contribution is 0.251. The van der Waals surface area contributed by atoms with Gasteiger partial charge in [-0.25, -0.2) is 14.8 Å². The van der Waals surface area contributed by atoms with E-state index in [-0.39, 0.29) is 6.03 Å². The fraction of sp³-hybridized carbons (Fsp3) is 0.316. The number of aryl methyl sites for hydroxylation is 2. The van der Waals surface area contributed by atoms with Gasteiger partial charge in [-0.2, -0.15) is 0 Å². The first-order chi connectivity index (χ1) is 12.5. The molecule has 0 aliphatic carbocycles. The molecule has 0 atom stereocenters. The van der Waals surface area contributed by atoms with Crippen LogP contribution in [0.5, 0.6) is 5.75 Å². The van der Waals surface area contributed by atoms with E-state index in [1.54, 1.807) is 13.4 Å². The molecule has 0 spiro atoms. The fourth-order valence-corrected chi connectivity index (χ4v) is 2.79. The van der Waals surface area contributed by atoms with Crippen molar-refractivity contribution >= 4 is 22.8 Å². The van der Waals surface area contributed by atoms with Gasteiger partial charge in [-0.3, -0.25) is 5.32 Å². The number of anilines is 1. The molecule has 3 aromatic rings. The Kier molecular flexibility index (Phi) is 5.06. The molecule has 0 saturated heterocycles. The summed E-state index contributed by atoms with van der Waals surface area (Å²) < 4.78 is 7.26. The van der Waals surface area contributed by atoms with Crippen molar-refractivity contribution in [3.05, 3.63) is 47.5 Å². The first-order valence-electron chi connectivity index (χ1n) is 8.46. The molecule has 7 nitrogen and oxygen atoms in total. The molecule has 2 aromatic heterocycles. The van der Waals surface area contributed by atoms with Crippen molar-refractivity contribution in [2.75, 3.05) is 19.0 Å². The van der Waals surface area contributed by atoms with E-state index in [1.807, 2.05) is 49.6 Å². The van der Waals surface area contributed by atoms with E-state index >= 15 is 0 Å². The zero-order chi connectivity index (χ0) is 18.7. The number of amides is 2. The van der Waals surface area contributed by atoms with E-state index in [4.69, 9.17) is 4.74 Å². The summed E-state index contributed by atoms with van der Waals surface area (Å²) in [6, 6.07) is 7.30. The first kappa shape index (κ1) is 17.7. The van der Waals surface area contributed by atoms with Gasteiger partial charge in [0, 0.05) is 30.2 Å². The van der Waals surface area contributed by atoms with E-state index in [0.29, 0.717) is 18.9 Å². The molecule has 2 heterocycles. The van der Waals surface area contributed by atoms with Gasteiger partial charge in [-0.1, -0.05) is 0 Å². The van der Waals surface area contributed by atoms with Gasteiger partial charge in [0.2, 0.25) is 0 Å². The van der Waals surface area contributed by atoms with Crippen molar-refractivity contribution < 1.29 is 9.53 Å². The van der Waals surface area contributed by atoms with Gasteiger partial charge in [0.1, 0.15) is 11.6 Å². The molecule has 136 valence electrons. The van der Waals surface area contributed by atoms with Crippen LogP contribution in [0, 0.1) is 20.8 Å². The highest BCUT2D eigenvalue weighted by Crippen LogP contribution is 2.24. The predicted molar refractivity (Wildman–Crippen MR) is 102 cm³/mol. The summed E-state index contributed by atoms with van der Waals surface area (Å²) in [5.41, 5.74) is 3.93. The first-order valence-corrected chi connectivity index (χ1v) is 8.46. The molecule has 26 heavy (non-hydrogen) atoms. The van der Waals surface area contributed by atoms with E-state index in [2.05, 4.69) is 20.6 Å². The maximum absolute atomic E-state index is 12.2. The Labute approximate surface area is 152 Å². The van der Waals surface area contributed by atoms with Gasteiger partial charge in [0.25, 0.3) is 0 Å². The molecule has 2 amide bonds. The second-order valence-electron chi connectivity index (χ2n) is 6.20. The Bertz CT molecular complexity index is 948. The van der Waals surface area contributed by atoms with Crippen LogP contribution in [0.4, 0.5) is 10.6 Å². The van der Waals surface area contributed by atoms with Crippen LogP contribution < -0.4 is 15.4 Å². The molecule has 0 aliphatic heterocycles. The number of ether oxygens (including phenoxy) is 1. The fourth-order valence-electron chi connectivity index (χ4n) is 2.79. The van der Waals surface area contributed by atoms with Gasteiger partial charge in [-0.05, 0) is 44.5 Å². The molecule has 3 rings (SSSR count). The highest BCUT2D eigenvalue weighted by molar-refractivity contribution is 5.91. The van der Waals surface area contributed by atoms with Crippen LogP contribution in [0.1, 0.15) is 17.0 Å². The zero-order valence-corrected chi connectivity index (χ0v) is 15.5. The molecule has 1 aromatic carbocycles. The lowest BCUT2D eigenvalue weighted by Gasteiger charge is -2.11. The van der Waals surface area contributed by atoms with Gasteiger partial charge >= 0.3 is 6.03 Å². The van der Waals surface area contributed by atoms with Gasteiger partial charge in [0.15, 0.2) is 0 Å². The smallest absolute Gasteiger partial charge is 0.320 e. The highest BCUT2D eigenvalue weighted by atomic mass is 16.5. The van der Waals surface area contributed by atoms with Crippen molar-refractivity contribution in [3.63, 3.8) is 0 Å². The third kappa shape index (κ3) is 3.77. The molecule has 0 unspecified atom stereocenters. The molecular weight excluding hydrogens is 330 g/mol. The summed E-state index contributed by atoms with van der Waals surface area (Å²) in [6.07, 6.45) is 1.78. The maximum atomic E-state index is 12.2. The standard InChI is InChI=1S/C19H23N5O2/c1-12-9-18(22-17-10-15(26-4)5-6-16(12)17)23-19(25)20-7-8-24-11-21-13(2)14(24)3/h5-6,9-11H,7-8H2,1-4H3,(H2,20,22,23,25). The number of imidazole rings is 1. The van der Waals surface area contributed by atoms with Crippen molar-refractivity contribution in [2.45, 2.75) is 27.3 Å². The second kappa shape index (κ2) is 7.43. The number of carbonyl (C=O) groups is 1. The van der Waals surface area contributed by atoms with Crippen molar-refractivity contribution in [3.8, 4) is 5.75 Å². The molecule has 0 saturated carbocycles. The molecule has 0 aliphatic rings. The number of methoxy groups -OCH3 is 1. The molecule has 2 N–H and O–H groups in total. The quantitative estimate of drug-likeness (QED) is 0.738. The predicted octanol–water partition coefficient (Wildman–Crippen LogP) is 3.19. The van der Waals surface area contributed by atoms with E-state index < -0.39 is 0 Å². The number of urea groups is 1. The minimum Gasteiger partial charge on any atom is -0.497 e. The van der Waals surface area contributed by atoms with E-state index in [1.165, 1.54) is 0 Å².